The first-order chi connectivity index (χ1) is 10.0. The maximum Gasteiger partial charge on any atom is 0.150 e. The van der Waals surface area contributed by atoms with Crippen molar-refractivity contribution in [3.05, 3.63) is 11.6 Å². The molecule has 4 aliphatic carbocycles. The number of carbonyl (C=O) groups is 1. The van der Waals surface area contributed by atoms with Crippen molar-refractivity contribution in [3.63, 3.8) is 0 Å². The fraction of sp³-hybridized carbons (Fsp3) is 0.833. The molecule has 0 aromatic heterocycles. The second-order valence-electron chi connectivity index (χ2n) is 8.18. The third kappa shape index (κ3) is 1.90. The maximum absolute atomic E-state index is 12.2. The number of Topliss-reactive ketones (excluding diaryl/α,β-unsaturated/α-hetero) is 1. The molecule has 3 saturated carbocycles. The Labute approximate surface area is 127 Å². The Morgan fingerprint density at radius 3 is 2.86 bits per heavy atom. The summed E-state index contributed by atoms with van der Waals surface area (Å²) < 4.78 is 0. The van der Waals surface area contributed by atoms with Gasteiger partial charge in [-0.3, -0.25) is 4.79 Å². The lowest BCUT2D eigenvalue weighted by atomic mass is 9.52. The third-order valence-corrected chi connectivity index (χ3v) is 7.34. The summed E-state index contributed by atoms with van der Waals surface area (Å²) in [6, 6.07) is -0.234. The summed E-state index contributed by atoms with van der Waals surface area (Å²) >= 11 is 0. The van der Waals surface area contributed by atoms with Gasteiger partial charge in [-0.1, -0.05) is 18.6 Å². The lowest BCUT2D eigenvalue weighted by molar-refractivity contribution is -0.119. The van der Waals surface area contributed by atoms with Crippen LogP contribution in [0.25, 0.3) is 0 Å². The number of carbonyl (C=O) groups excluding carboxylic acids is 1. The molecular weight excluding hydrogens is 262 g/mol. The van der Waals surface area contributed by atoms with Crippen LogP contribution in [0.5, 0.6) is 0 Å². The van der Waals surface area contributed by atoms with E-state index < -0.39 is 0 Å². The number of ketones is 1. The summed E-state index contributed by atoms with van der Waals surface area (Å²) in [6.07, 6.45) is 9.38. The molecule has 0 spiro atoms. The zero-order valence-corrected chi connectivity index (χ0v) is 12.9. The molecule has 21 heavy (non-hydrogen) atoms. The molecule has 3 heteroatoms. The highest BCUT2D eigenvalue weighted by Gasteiger charge is 2.57. The van der Waals surface area contributed by atoms with Crippen LogP contribution in [-0.2, 0) is 4.79 Å². The Balaban J connectivity index is 1.64. The number of aliphatic hydroxyl groups is 1. The highest BCUT2D eigenvalue weighted by atomic mass is 16.3. The van der Waals surface area contributed by atoms with Crippen LogP contribution in [0.15, 0.2) is 11.6 Å². The van der Waals surface area contributed by atoms with Gasteiger partial charge in [0.15, 0.2) is 0 Å². The highest BCUT2D eigenvalue weighted by molar-refractivity contribution is 5.87. The van der Waals surface area contributed by atoms with Gasteiger partial charge in [0.25, 0.3) is 0 Å². The molecular formula is C18H27NO2. The van der Waals surface area contributed by atoms with Gasteiger partial charge < -0.3 is 10.8 Å². The lowest BCUT2D eigenvalue weighted by Crippen LogP contribution is -2.50. The van der Waals surface area contributed by atoms with Crippen LogP contribution in [0.4, 0.5) is 0 Å². The number of allylic oxidation sites excluding steroid dienone is 1. The molecule has 3 nitrogen and oxygen atoms in total. The Hall–Kier alpha value is -0.670. The van der Waals surface area contributed by atoms with Gasteiger partial charge in [0, 0.05) is 6.42 Å². The van der Waals surface area contributed by atoms with Gasteiger partial charge in [0.2, 0.25) is 0 Å². The molecule has 0 amide bonds. The minimum atomic E-state index is -0.234. The quantitative estimate of drug-likeness (QED) is 0.673. The van der Waals surface area contributed by atoms with E-state index in [1.807, 2.05) is 0 Å². The van der Waals surface area contributed by atoms with E-state index in [2.05, 4.69) is 13.0 Å². The van der Waals surface area contributed by atoms with Crippen LogP contribution in [0.3, 0.4) is 0 Å². The smallest absolute Gasteiger partial charge is 0.150 e. The van der Waals surface area contributed by atoms with Crippen molar-refractivity contribution < 1.29 is 9.90 Å². The fourth-order valence-corrected chi connectivity index (χ4v) is 6.08. The number of fused-ring (bicyclic) bond motifs is 5. The first-order valence-electron chi connectivity index (χ1n) is 8.66. The monoisotopic (exact) mass is 289 g/mol. The normalized spacial score (nSPS) is 52.7. The molecule has 0 aromatic rings. The number of nitrogens with two attached hydrogens (primary N) is 1. The van der Waals surface area contributed by atoms with E-state index in [1.165, 1.54) is 12.0 Å². The van der Waals surface area contributed by atoms with E-state index in [0.717, 1.165) is 38.0 Å². The van der Waals surface area contributed by atoms with Crippen molar-refractivity contribution >= 4 is 5.78 Å². The van der Waals surface area contributed by atoms with Crippen molar-refractivity contribution in [1.29, 1.82) is 0 Å². The number of hydrogen-bond acceptors (Lipinski definition) is 3. The van der Waals surface area contributed by atoms with Gasteiger partial charge in [-0.15, -0.1) is 0 Å². The lowest BCUT2D eigenvalue weighted by Gasteiger charge is -2.52. The van der Waals surface area contributed by atoms with E-state index in [4.69, 9.17) is 5.73 Å². The first kappa shape index (κ1) is 14.0. The Morgan fingerprint density at radius 1 is 1.24 bits per heavy atom. The molecule has 116 valence electrons. The number of rotatable bonds is 0. The minimum absolute atomic E-state index is 0.0395. The molecule has 1 unspecified atom stereocenters. The van der Waals surface area contributed by atoms with Crippen LogP contribution in [0.1, 0.15) is 51.9 Å². The molecule has 3 N–H and O–H groups in total. The molecule has 0 bridgehead atoms. The van der Waals surface area contributed by atoms with Crippen LogP contribution in [0.2, 0.25) is 0 Å². The van der Waals surface area contributed by atoms with E-state index >= 15 is 0 Å². The second kappa shape index (κ2) is 4.66. The van der Waals surface area contributed by atoms with Crippen LogP contribution in [-0.4, -0.2) is 23.0 Å². The topological polar surface area (TPSA) is 63.3 Å². The summed E-state index contributed by atoms with van der Waals surface area (Å²) in [6.45, 7) is 2.26. The standard InChI is InChI=1S/C18H27NO2/c1-18-7-6-13-12-5-3-11(20)8-10(12)2-4-14(13)15(18)9-16(21)17(18)19/h2,11-15,17,20H,3-9,19H2,1H3/t11-,12-,13+,14+,15-,17?,18-/m0/s1. The number of aliphatic hydroxyl groups excluding tert-OH is 1. The molecule has 3 fully saturated rings. The first-order valence-corrected chi connectivity index (χ1v) is 8.66. The molecule has 0 aromatic carbocycles. The summed E-state index contributed by atoms with van der Waals surface area (Å²) in [4.78, 5) is 12.2. The zero-order chi connectivity index (χ0) is 14.8. The van der Waals surface area contributed by atoms with Gasteiger partial charge in [-0.05, 0) is 67.6 Å². The molecule has 0 aliphatic heterocycles. The van der Waals surface area contributed by atoms with Crippen LogP contribution < -0.4 is 5.73 Å². The summed E-state index contributed by atoms with van der Waals surface area (Å²) in [5, 5.41) is 9.90. The Bertz CT molecular complexity index is 499. The average molecular weight is 289 g/mol. The van der Waals surface area contributed by atoms with E-state index in [1.54, 1.807) is 0 Å². The van der Waals surface area contributed by atoms with Gasteiger partial charge >= 0.3 is 0 Å². The molecule has 7 atom stereocenters. The SMILES string of the molecule is C[C@]12CC[C@H]3[C@@H](CC=C4C[C@@H](O)CC[C@@H]43)[C@@H]1CC(=O)C2N. The van der Waals surface area contributed by atoms with Crippen molar-refractivity contribution in [1.82, 2.24) is 0 Å². The van der Waals surface area contributed by atoms with E-state index in [0.29, 0.717) is 24.2 Å². The maximum atomic E-state index is 12.2. The summed E-state index contributed by atoms with van der Waals surface area (Å²) in [5.41, 5.74) is 7.79. The predicted molar refractivity (Wildman–Crippen MR) is 81.5 cm³/mol. The highest BCUT2D eigenvalue weighted by Crippen LogP contribution is 2.60. The van der Waals surface area contributed by atoms with Crippen LogP contribution in [0, 0.1) is 29.1 Å². The Kier molecular flexibility index (Phi) is 3.10. The zero-order valence-electron chi connectivity index (χ0n) is 12.9. The second-order valence-corrected chi connectivity index (χ2v) is 8.18. The van der Waals surface area contributed by atoms with Crippen molar-refractivity contribution in [3.8, 4) is 0 Å². The molecule has 0 radical (unpaired) electrons. The average Bonchev–Trinajstić information content (AvgIpc) is 2.70. The largest absolute Gasteiger partial charge is 0.393 e. The van der Waals surface area contributed by atoms with Gasteiger partial charge in [-0.25, -0.2) is 0 Å². The molecule has 0 heterocycles. The van der Waals surface area contributed by atoms with Crippen LogP contribution >= 0.6 is 0 Å². The number of hydrogen-bond donors (Lipinski definition) is 2. The van der Waals surface area contributed by atoms with Gasteiger partial charge in [-0.2, -0.15) is 0 Å². The van der Waals surface area contributed by atoms with Gasteiger partial charge in [0.05, 0.1) is 12.1 Å². The van der Waals surface area contributed by atoms with Crippen molar-refractivity contribution in [2.24, 2.45) is 34.8 Å². The minimum Gasteiger partial charge on any atom is -0.393 e. The molecule has 0 saturated heterocycles. The fourth-order valence-electron chi connectivity index (χ4n) is 6.08. The third-order valence-electron chi connectivity index (χ3n) is 7.34. The Morgan fingerprint density at radius 2 is 2.05 bits per heavy atom. The van der Waals surface area contributed by atoms with E-state index in [-0.39, 0.29) is 23.3 Å². The summed E-state index contributed by atoms with van der Waals surface area (Å²) in [7, 11) is 0. The summed E-state index contributed by atoms with van der Waals surface area (Å²) in [5.74, 6) is 2.82. The molecule has 4 aliphatic rings. The predicted octanol–water partition coefficient (Wildman–Crippen LogP) is 2.43. The van der Waals surface area contributed by atoms with Crippen molar-refractivity contribution in [2.45, 2.75) is 64.0 Å². The van der Waals surface area contributed by atoms with Crippen molar-refractivity contribution in [2.75, 3.05) is 0 Å². The van der Waals surface area contributed by atoms with Gasteiger partial charge in [0.1, 0.15) is 5.78 Å². The van der Waals surface area contributed by atoms with E-state index in [9.17, 15) is 9.90 Å². The molecule has 4 rings (SSSR count).